The molecule has 0 spiro atoms. The minimum Gasteiger partial charge on any atom is -0.371 e. The largest absolute Gasteiger partial charge is 0.371 e. The highest BCUT2D eigenvalue weighted by Gasteiger charge is 2.11. The van der Waals surface area contributed by atoms with Crippen LogP contribution in [-0.2, 0) is 4.79 Å². The third-order valence-corrected chi connectivity index (χ3v) is 2.74. The zero-order valence-corrected chi connectivity index (χ0v) is 9.28. The van der Waals surface area contributed by atoms with Crippen molar-refractivity contribution in [2.45, 2.75) is 19.3 Å². The summed E-state index contributed by atoms with van der Waals surface area (Å²) in [4.78, 5) is 12.5. The van der Waals surface area contributed by atoms with E-state index in [0.717, 1.165) is 24.9 Å². The van der Waals surface area contributed by atoms with Gasteiger partial charge in [0.1, 0.15) is 6.29 Å². The van der Waals surface area contributed by atoms with Gasteiger partial charge in [-0.3, -0.25) is 0 Å². The van der Waals surface area contributed by atoms with Crippen LogP contribution in [0.4, 0.5) is 5.69 Å². The number of carbonyl (C=O) groups excluding carboxylic acids is 1. The summed E-state index contributed by atoms with van der Waals surface area (Å²) in [5.74, 6) is 5.83. The highest BCUT2D eigenvalue weighted by molar-refractivity contribution is 5.57. The molecule has 0 atom stereocenters. The summed E-state index contributed by atoms with van der Waals surface area (Å²) in [5.41, 5.74) is 2.24. The smallest absolute Gasteiger partial charge is 0.131 e. The molecule has 1 aromatic rings. The molecule has 0 radical (unpaired) electrons. The van der Waals surface area contributed by atoms with E-state index in [1.54, 1.807) is 0 Å². The fourth-order valence-corrected chi connectivity index (χ4v) is 1.95. The topological polar surface area (TPSA) is 20.3 Å². The average molecular weight is 213 g/mol. The number of anilines is 1. The van der Waals surface area contributed by atoms with Crippen molar-refractivity contribution in [3.8, 4) is 11.8 Å². The monoisotopic (exact) mass is 213 g/mol. The van der Waals surface area contributed by atoms with Gasteiger partial charge in [-0.05, 0) is 31.0 Å². The van der Waals surface area contributed by atoms with E-state index in [1.165, 1.54) is 18.5 Å². The molecule has 0 amide bonds. The number of benzene rings is 1. The third-order valence-electron chi connectivity index (χ3n) is 2.74. The van der Waals surface area contributed by atoms with Gasteiger partial charge in [0.05, 0.1) is 6.42 Å². The van der Waals surface area contributed by atoms with Crippen molar-refractivity contribution < 1.29 is 4.79 Å². The van der Waals surface area contributed by atoms with Crippen LogP contribution in [0.25, 0.3) is 0 Å². The molecular formula is C14H15NO. The molecule has 0 unspecified atom stereocenters. The Hall–Kier alpha value is -1.75. The van der Waals surface area contributed by atoms with Crippen LogP contribution in [0.1, 0.15) is 24.8 Å². The van der Waals surface area contributed by atoms with Gasteiger partial charge >= 0.3 is 0 Å². The van der Waals surface area contributed by atoms with E-state index in [1.807, 2.05) is 12.1 Å². The summed E-state index contributed by atoms with van der Waals surface area (Å²) in [6.07, 6.45) is 3.70. The van der Waals surface area contributed by atoms with Gasteiger partial charge in [-0.25, -0.2) is 0 Å². The van der Waals surface area contributed by atoms with Crippen LogP contribution in [0.5, 0.6) is 0 Å². The fourth-order valence-electron chi connectivity index (χ4n) is 1.95. The second kappa shape index (κ2) is 5.37. The summed E-state index contributed by atoms with van der Waals surface area (Å²) in [7, 11) is 0. The maximum absolute atomic E-state index is 10.2. The van der Waals surface area contributed by atoms with Crippen LogP contribution in [-0.4, -0.2) is 19.4 Å². The van der Waals surface area contributed by atoms with Crippen molar-refractivity contribution in [1.82, 2.24) is 0 Å². The Morgan fingerprint density at radius 3 is 2.88 bits per heavy atom. The van der Waals surface area contributed by atoms with Gasteiger partial charge in [0.15, 0.2) is 0 Å². The van der Waals surface area contributed by atoms with Gasteiger partial charge < -0.3 is 9.69 Å². The number of hydrogen-bond acceptors (Lipinski definition) is 2. The number of nitrogens with zero attached hydrogens (tertiary/aromatic N) is 1. The number of carbonyl (C=O) groups is 1. The Labute approximate surface area is 96.3 Å². The summed E-state index contributed by atoms with van der Waals surface area (Å²) in [6.45, 7) is 2.29. The number of aldehydes is 1. The Morgan fingerprint density at radius 1 is 1.31 bits per heavy atom. The number of hydrogen-bond donors (Lipinski definition) is 0. The molecule has 2 rings (SSSR count). The Kier molecular flexibility index (Phi) is 3.61. The lowest BCUT2D eigenvalue weighted by molar-refractivity contribution is -0.107. The molecule has 0 bridgehead atoms. The van der Waals surface area contributed by atoms with Gasteiger partial charge in [-0.15, -0.1) is 0 Å². The molecule has 1 aliphatic heterocycles. The van der Waals surface area contributed by atoms with Crippen molar-refractivity contribution in [3.63, 3.8) is 0 Å². The highest BCUT2D eigenvalue weighted by Crippen LogP contribution is 2.20. The Balaban J connectivity index is 2.13. The predicted octanol–water partition coefficient (Wildman–Crippen LogP) is 2.23. The standard InChI is InChI=1S/C14H15NO/c16-11-4-1-6-13-7-5-8-14(12-13)15-9-2-3-10-15/h5,7-8,11-12H,2-4,9-10H2. The van der Waals surface area contributed by atoms with Gasteiger partial charge in [-0.2, -0.15) is 0 Å². The van der Waals surface area contributed by atoms with Crippen molar-refractivity contribution in [3.05, 3.63) is 29.8 Å². The summed E-state index contributed by atoms with van der Waals surface area (Å²) >= 11 is 0. The Morgan fingerprint density at radius 2 is 2.12 bits per heavy atom. The molecule has 16 heavy (non-hydrogen) atoms. The summed E-state index contributed by atoms with van der Waals surface area (Å²) in [6, 6.07) is 8.23. The average Bonchev–Trinajstić information content (AvgIpc) is 2.83. The van der Waals surface area contributed by atoms with Crippen molar-refractivity contribution in [1.29, 1.82) is 0 Å². The maximum atomic E-state index is 10.2. The first kappa shape index (κ1) is 10.8. The molecule has 0 aliphatic carbocycles. The summed E-state index contributed by atoms with van der Waals surface area (Å²) < 4.78 is 0. The zero-order chi connectivity index (χ0) is 11.2. The molecule has 82 valence electrons. The molecular weight excluding hydrogens is 198 g/mol. The first-order chi connectivity index (χ1) is 7.90. The molecule has 2 heteroatoms. The van der Waals surface area contributed by atoms with Crippen LogP contribution in [0.15, 0.2) is 24.3 Å². The van der Waals surface area contributed by atoms with Crippen LogP contribution < -0.4 is 4.90 Å². The molecule has 1 aromatic carbocycles. The van der Waals surface area contributed by atoms with Gasteiger partial charge in [0.2, 0.25) is 0 Å². The molecule has 0 aromatic heterocycles. The molecule has 0 N–H and O–H groups in total. The van der Waals surface area contributed by atoms with E-state index in [2.05, 4.69) is 28.9 Å². The van der Waals surface area contributed by atoms with E-state index in [9.17, 15) is 4.79 Å². The van der Waals surface area contributed by atoms with Gasteiger partial charge in [0.25, 0.3) is 0 Å². The van der Waals surface area contributed by atoms with E-state index in [-0.39, 0.29) is 0 Å². The predicted molar refractivity (Wildman–Crippen MR) is 65.4 cm³/mol. The van der Waals surface area contributed by atoms with Crippen LogP contribution in [0.3, 0.4) is 0 Å². The molecule has 1 fully saturated rings. The SMILES string of the molecule is O=CCC#Cc1cccc(N2CCCC2)c1. The lowest BCUT2D eigenvalue weighted by atomic mass is 10.2. The van der Waals surface area contributed by atoms with Gasteiger partial charge in [0, 0.05) is 24.3 Å². The lowest BCUT2D eigenvalue weighted by Gasteiger charge is -2.17. The van der Waals surface area contributed by atoms with Crippen LogP contribution >= 0.6 is 0 Å². The van der Waals surface area contributed by atoms with Crippen LogP contribution in [0, 0.1) is 11.8 Å². The van der Waals surface area contributed by atoms with E-state index < -0.39 is 0 Å². The maximum Gasteiger partial charge on any atom is 0.131 e. The van der Waals surface area contributed by atoms with E-state index in [0.29, 0.717) is 6.42 Å². The van der Waals surface area contributed by atoms with E-state index >= 15 is 0 Å². The summed E-state index contributed by atoms with van der Waals surface area (Å²) in [5, 5.41) is 0. The molecule has 0 saturated carbocycles. The quantitative estimate of drug-likeness (QED) is 0.554. The van der Waals surface area contributed by atoms with Gasteiger partial charge in [-0.1, -0.05) is 17.9 Å². The highest BCUT2D eigenvalue weighted by atomic mass is 16.1. The molecule has 1 aliphatic rings. The number of rotatable bonds is 2. The second-order valence-electron chi connectivity index (χ2n) is 3.92. The van der Waals surface area contributed by atoms with Crippen molar-refractivity contribution in [2.75, 3.05) is 18.0 Å². The van der Waals surface area contributed by atoms with Crippen molar-refractivity contribution >= 4 is 12.0 Å². The molecule has 2 nitrogen and oxygen atoms in total. The lowest BCUT2D eigenvalue weighted by Crippen LogP contribution is -2.17. The molecule has 1 heterocycles. The Bertz CT molecular complexity index is 422. The van der Waals surface area contributed by atoms with E-state index in [4.69, 9.17) is 0 Å². The van der Waals surface area contributed by atoms with Crippen molar-refractivity contribution in [2.24, 2.45) is 0 Å². The minimum atomic E-state index is 0.313. The third kappa shape index (κ3) is 2.64. The minimum absolute atomic E-state index is 0.313. The zero-order valence-electron chi connectivity index (χ0n) is 9.28. The fraction of sp³-hybridized carbons (Fsp3) is 0.357. The first-order valence-corrected chi connectivity index (χ1v) is 5.67. The second-order valence-corrected chi connectivity index (χ2v) is 3.92. The first-order valence-electron chi connectivity index (χ1n) is 5.67. The normalized spacial score (nSPS) is 14.4. The van der Waals surface area contributed by atoms with Crippen LogP contribution in [0.2, 0.25) is 0 Å². The molecule has 1 saturated heterocycles.